The van der Waals surface area contributed by atoms with Gasteiger partial charge in [-0.1, -0.05) is 48.5 Å². The molecule has 0 aliphatic heterocycles. The molecule has 0 saturated heterocycles. The molecular formula is C18H14FNO. The van der Waals surface area contributed by atoms with Crippen molar-refractivity contribution in [2.75, 3.05) is 0 Å². The minimum absolute atomic E-state index is 0.0679. The number of fused-ring (bicyclic) bond motifs is 1. The fraction of sp³-hybridized carbons (Fsp3) is 0.0556. The number of hydrogen-bond donors (Lipinski definition) is 1. The Hall–Kier alpha value is -2.68. The highest BCUT2D eigenvalue weighted by Crippen LogP contribution is 2.15. The third-order valence-electron chi connectivity index (χ3n) is 3.39. The first-order valence-corrected chi connectivity index (χ1v) is 6.74. The molecular weight excluding hydrogens is 265 g/mol. The Morgan fingerprint density at radius 3 is 2.43 bits per heavy atom. The molecule has 1 N–H and O–H groups in total. The van der Waals surface area contributed by atoms with Crippen molar-refractivity contribution >= 4 is 16.7 Å². The first kappa shape index (κ1) is 13.3. The Labute approximate surface area is 122 Å². The van der Waals surface area contributed by atoms with Crippen LogP contribution in [0, 0.1) is 5.82 Å². The molecule has 0 spiro atoms. The largest absolute Gasteiger partial charge is 0.348 e. The van der Waals surface area contributed by atoms with E-state index in [0.29, 0.717) is 6.54 Å². The van der Waals surface area contributed by atoms with E-state index in [1.54, 1.807) is 12.1 Å². The van der Waals surface area contributed by atoms with E-state index in [0.717, 1.165) is 16.3 Å². The summed E-state index contributed by atoms with van der Waals surface area (Å²) in [7, 11) is 0. The molecule has 1 amide bonds. The van der Waals surface area contributed by atoms with Crippen LogP contribution in [0.5, 0.6) is 0 Å². The van der Waals surface area contributed by atoms with Crippen LogP contribution in [-0.2, 0) is 6.54 Å². The van der Waals surface area contributed by atoms with Gasteiger partial charge in [-0.3, -0.25) is 4.79 Å². The Morgan fingerprint density at radius 1 is 0.905 bits per heavy atom. The molecule has 0 bridgehead atoms. The molecule has 0 aliphatic carbocycles. The Morgan fingerprint density at radius 2 is 1.62 bits per heavy atom. The van der Waals surface area contributed by atoms with Crippen LogP contribution in [0.4, 0.5) is 4.39 Å². The van der Waals surface area contributed by atoms with Gasteiger partial charge in [0, 0.05) is 6.54 Å². The molecule has 0 heterocycles. The minimum Gasteiger partial charge on any atom is -0.348 e. The van der Waals surface area contributed by atoms with Crippen molar-refractivity contribution in [1.82, 2.24) is 5.32 Å². The summed E-state index contributed by atoms with van der Waals surface area (Å²) < 4.78 is 13.5. The molecule has 3 aromatic rings. The topological polar surface area (TPSA) is 29.1 Å². The quantitative estimate of drug-likeness (QED) is 0.773. The number of carbonyl (C=O) groups is 1. The van der Waals surface area contributed by atoms with E-state index in [4.69, 9.17) is 0 Å². The molecule has 0 fully saturated rings. The number of halogens is 1. The fourth-order valence-corrected chi connectivity index (χ4v) is 2.27. The lowest BCUT2D eigenvalue weighted by Crippen LogP contribution is -2.23. The van der Waals surface area contributed by atoms with Crippen molar-refractivity contribution in [3.63, 3.8) is 0 Å². The van der Waals surface area contributed by atoms with Crippen molar-refractivity contribution in [3.05, 3.63) is 83.7 Å². The normalized spacial score (nSPS) is 10.5. The van der Waals surface area contributed by atoms with Gasteiger partial charge < -0.3 is 5.32 Å². The second-order valence-corrected chi connectivity index (χ2v) is 4.84. The number of carbonyl (C=O) groups excluding carboxylic acids is 1. The van der Waals surface area contributed by atoms with E-state index in [1.807, 2.05) is 42.5 Å². The summed E-state index contributed by atoms with van der Waals surface area (Å²) in [5.74, 6) is -0.908. The van der Waals surface area contributed by atoms with Gasteiger partial charge in [-0.2, -0.15) is 0 Å². The molecule has 3 aromatic carbocycles. The van der Waals surface area contributed by atoms with Crippen LogP contribution in [0.2, 0.25) is 0 Å². The summed E-state index contributed by atoms with van der Waals surface area (Å²) in [5.41, 5.74) is 1.05. The van der Waals surface area contributed by atoms with Crippen molar-refractivity contribution in [1.29, 1.82) is 0 Å². The third kappa shape index (κ3) is 2.92. The molecule has 0 aliphatic rings. The molecule has 2 nitrogen and oxygen atoms in total. The molecule has 0 aromatic heterocycles. The van der Waals surface area contributed by atoms with Crippen molar-refractivity contribution in [3.8, 4) is 0 Å². The lowest BCUT2D eigenvalue weighted by Gasteiger charge is -2.07. The first-order chi connectivity index (χ1) is 10.2. The van der Waals surface area contributed by atoms with E-state index < -0.39 is 11.7 Å². The van der Waals surface area contributed by atoms with E-state index in [2.05, 4.69) is 5.32 Å². The average Bonchev–Trinajstić information content (AvgIpc) is 2.53. The molecule has 0 saturated carbocycles. The average molecular weight is 279 g/mol. The van der Waals surface area contributed by atoms with Gasteiger partial charge in [0.1, 0.15) is 5.82 Å². The fourth-order valence-electron chi connectivity index (χ4n) is 2.27. The van der Waals surface area contributed by atoms with Crippen LogP contribution in [0.1, 0.15) is 15.9 Å². The maximum absolute atomic E-state index is 13.5. The summed E-state index contributed by atoms with van der Waals surface area (Å²) >= 11 is 0. The maximum atomic E-state index is 13.5. The molecule has 3 heteroatoms. The van der Waals surface area contributed by atoms with Gasteiger partial charge in [0.25, 0.3) is 5.91 Å². The van der Waals surface area contributed by atoms with Gasteiger partial charge >= 0.3 is 0 Å². The predicted octanol–water partition coefficient (Wildman–Crippen LogP) is 3.91. The lowest BCUT2D eigenvalue weighted by atomic mass is 10.1. The van der Waals surface area contributed by atoms with E-state index in [9.17, 15) is 9.18 Å². The second-order valence-electron chi connectivity index (χ2n) is 4.84. The second kappa shape index (κ2) is 5.75. The number of rotatable bonds is 3. The standard InChI is InChI=1S/C18H14FNO/c19-17-8-4-3-7-16(17)18(21)20-12-13-9-10-14-5-1-2-6-15(14)11-13/h1-11H,12H2,(H,20,21). The van der Waals surface area contributed by atoms with Gasteiger partial charge in [0.15, 0.2) is 0 Å². The van der Waals surface area contributed by atoms with E-state index in [-0.39, 0.29) is 5.56 Å². The van der Waals surface area contributed by atoms with Crippen molar-refractivity contribution in [2.45, 2.75) is 6.54 Å². The van der Waals surface area contributed by atoms with Crippen LogP contribution < -0.4 is 5.32 Å². The van der Waals surface area contributed by atoms with Crippen LogP contribution in [0.3, 0.4) is 0 Å². The summed E-state index contributed by atoms with van der Waals surface area (Å²) in [6.07, 6.45) is 0. The highest BCUT2D eigenvalue weighted by molar-refractivity contribution is 5.94. The van der Waals surface area contributed by atoms with Crippen LogP contribution in [0.25, 0.3) is 10.8 Å². The molecule has 21 heavy (non-hydrogen) atoms. The van der Waals surface area contributed by atoms with Gasteiger partial charge in [-0.05, 0) is 34.5 Å². The van der Waals surface area contributed by atoms with Gasteiger partial charge in [-0.15, -0.1) is 0 Å². The van der Waals surface area contributed by atoms with Crippen molar-refractivity contribution < 1.29 is 9.18 Å². The Kier molecular flexibility index (Phi) is 3.65. The SMILES string of the molecule is O=C(NCc1ccc2ccccc2c1)c1ccccc1F. The maximum Gasteiger partial charge on any atom is 0.254 e. The number of hydrogen-bond acceptors (Lipinski definition) is 1. The predicted molar refractivity (Wildman–Crippen MR) is 81.5 cm³/mol. The van der Waals surface area contributed by atoms with Gasteiger partial charge in [0.05, 0.1) is 5.56 Å². The summed E-state index contributed by atoms with van der Waals surface area (Å²) in [4.78, 5) is 12.0. The minimum atomic E-state index is -0.506. The summed E-state index contributed by atoms with van der Waals surface area (Å²) in [5, 5.41) is 5.02. The van der Waals surface area contributed by atoms with E-state index >= 15 is 0 Å². The summed E-state index contributed by atoms with van der Waals surface area (Å²) in [6.45, 7) is 0.373. The molecule has 0 atom stereocenters. The zero-order valence-corrected chi connectivity index (χ0v) is 11.3. The van der Waals surface area contributed by atoms with Crippen LogP contribution in [-0.4, -0.2) is 5.91 Å². The zero-order chi connectivity index (χ0) is 14.7. The third-order valence-corrected chi connectivity index (χ3v) is 3.39. The molecule has 3 rings (SSSR count). The highest BCUT2D eigenvalue weighted by atomic mass is 19.1. The summed E-state index contributed by atoms with van der Waals surface area (Å²) in [6, 6.07) is 20.0. The number of amides is 1. The van der Waals surface area contributed by atoms with Gasteiger partial charge in [-0.25, -0.2) is 4.39 Å². The first-order valence-electron chi connectivity index (χ1n) is 6.74. The number of benzene rings is 3. The zero-order valence-electron chi connectivity index (χ0n) is 11.3. The lowest BCUT2D eigenvalue weighted by molar-refractivity contribution is 0.0947. The molecule has 0 radical (unpaired) electrons. The molecule has 104 valence electrons. The van der Waals surface area contributed by atoms with Crippen LogP contribution in [0.15, 0.2) is 66.7 Å². The molecule has 0 unspecified atom stereocenters. The van der Waals surface area contributed by atoms with Crippen molar-refractivity contribution in [2.24, 2.45) is 0 Å². The monoisotopic (exact) mass is 279 g/mol. The van der Waals surface area contributed by atoms with Gasteiger partial charge in [0.2, 0.25) is 0 Å². The highest BCUT2D eigenvalue weighted by Gasteiger charge is 2.10. The van der Waals surface area contributed by atoms with E-state index in [1.165, 1.54) is 12.1 Å². The Balaban J connectivity index is 1.74. The van der Waals surface area contributed by atoms with Crippen LogP contribution >= 0.6 is 0 Å². The number of nitrogens with one attached hydrogen (secondary N) is 1. The Bertz CT molecular complexity index is 798. The smallest absolute Gasteiger partial charge is 0.254 e.